The molecule has 0 nitrogen and oxygen atoms in total. The Kier molecular flexibility index (Phi) is 3.74. The van der Waals surface area contributed by atoms with E-state index in [2.05, 4.69) is 0 Å². The van der Waals surface area contributed by atoms with Crippen molar-refractivity contribution in [2.75, 3.05) is 0 Å². The Hall–Kier alpha value is -0.200. The molecule has 2 heteroatoms. The monoisotopic (exact) mass is 187 g/mol. The van der Waals surface area contributed by atoms with Crippen molar-refractivity contribution >= 4 is 23.2 Å². The zero-order valence-corrected chi connectivity index (χ0v) is 7.52. The number of halogens is 2. The molecular formula is C9H9Cl2. The lowest BCUT2D eigenvalue weighted by Gasteiger charge is -1.99. The van der Waals surface area contributed by atoms with Gasteiger partial charge in [-0.05, 0) is 18.4 Å². The topological polar surface area (TPSA) is 0 Å². The zero-order valence-electron chi connectivity index (χ0n) is 6.00. The predicted octanol–water partition coefficient (Wildman–Crippen LogP) is 3.24. The fraction of sp³-hybridized carbons (Fsp3) is 0.222. The molecule has 0 saturated heterocycles. The second-order valence-electron chi connectivity index (χ2n) is 2.26. The molecule has 0 saturated carbocycles. The van der Waals surface area contributed by atoms with Gasteiger partial charge in [-0.3, -0.25) is 0 Å². The summed E-state index contributed by atoms with van der Waals surface area (Å²) in [6, 6.07) is 10.1. The van der Waals surface area contributed by atoms with E-state index in [1.54, 1.807) is 0 Å². The minimum atomic E-state index is -0.366. The molecule has 0 fully saturated rings. The third-order valence-corrected chi connectivity index (χ3v) is 1.73. The third kappa shape index (κ3) is 3.64. The average Bonchev–Trinajstić information content (AvgIpc) is 2.03. The molecule has 0 aliphatic heterocycles. The fourth-order valence-electron chi connectivity index (χ4n) is 0.839. The van der Waals surface area contributed by atoms with E-state index in [0.29, 0.717) is 0 Å². The van der Waals surface area contributed by atoms with Crippen molar-refractivity contribution < 1.29 is 0 Å². The average molecular weight is 188 g/mol. The molecule has 0 atom stereocenters. The SMILES string of the molecule is ClC(Cl)[CH]Cc1ccccc1. The lowest BCUT2D eigenvalue weighted by Crippen LogP contribution is -1.92. The van der Waals surface area contributed by atoms with Gasteiger partial charge >= 0.3 is 0 Å². The summed E-state index contributed by atoms with van der Waals surface area (Å²) in [7, 11) is 0. The fourth-order valence-corrected chi connectivity index (χ4v) is 1.02. The molecule has 0 aromatic heterocycles. The van der Waals surface area contributed by atoms with Gasteiger partial charge in [0.1, 0.15) is 4.84 Å². The van der Waals surface area contributed by atoms with E-state index in [9.17, 15) is 0 Å². The Morgan fingerprint density at radius 1 is 1.18 bits per heavy atom. The number of rotatable bonds is 3. The summed E-state index contributed by atoms with van der Waals surface area (Å²) in [5.41, 5.74) is 1.24. The van der Waals surface area contributed by atoms with Crippen molar-refractivity contribution in [2.45, 2.75) is 11.3 Å². The number of hydrogen-bond acceptors (Lipinski definition) is 0. The molecule has 0 N–H and O–H groups in total. The van der Waals surface area contributed by atoms with Gasteiger partial charge in [-0.25, -0.2) is 0 Å². The molecule has 59 valence electrons. The van der Waals surface area contributed by atoms with Crippen LogP contribution in [0.25, 0.3) is 0 Å². The van der Waals surface area contributed by atoms with Crippen LogP contribution in [0.3, 0.4) is 0 Å². The van der Waals surface area contributed by atoms with E-state index < -0.39 is 0 Å². The minimum absolute atomic E-state index is 0.366. The quantitative estimate of drug-likeness (QED) is 0.638. The Bertz CT molecular complexity index is 194. The van der Waals surface area contributed by atoms with Crippen LogP contribution in [0.4, 0.5) is 0 Å². The summed E-state index contributed by atoms with van der Waals surface area (Å²) in [5, 5.41) is 0. The van der Waals surface area contributed by atoms with E-state index in [1.165, 1.54) is 5.56 Å². The molecule has 0 aliphatic carbocycles. The van der Waals surface area contributed by atoms with Gasteiger partial charge in [0.25, 0.3) is 0 Å². The second-order valence-corrected chi connectivity index (χ2v) is 3.42. The highest BCUT2D eigenvalue weighted by molar-refractivity contribution is 6.45. The molecule has 0 unspecified atom stereocenters. The van der Waals surface area contributed by atoms with Crippen LogP contribution in [0.1, 0.15) is 5.56 Å². The lowest BCUT2D eigenvalue weighted by atomic mass is 10.1. The summed E-state index contributed by atoms with van der Waals surface area (Å²) in [6.45, 7) is 0. The third-order valence-electron chi connectivity index (χ3n) is 1.37. The van der Waals surface area contributed by atoms with Gasteiger partial charge in [0.2, 0.25) is 0 Å². The Labute approximate surface area is 77.1 Å². The maximum atomic E-state index is 5.54. The van der Waals surface area contributed by atoms with Crippen molar-refractivity contribution in [2.24, 2.45) is 0 Å². The van der Waals surface area contributed by atoms with Gasteiger partial charge in [-0.2, -0.15) is 0 Å². The summed E-state index contributed by atoms with van der Waals surface area (Å²) < 4.78 is 0. The van der Waals surface area contributed by atoms with E-state index >= 15 is 0 Å². The molecule has 11 heavy (non-hydrogen) atoms. The summed E-state index contributed by atoms with van der Waals surface area (Å²) in [6.07, 6.45) is 2.69. The van der Waals surface area contributed by atoms with E-state index in [1.807, 2.05) is 36.8 Å². The van der Waals surface area contributed by atoms with Crippen LogP contribution in [0.2, 0.25) is 0 Å². The lowest BCUT2D eigenvalue weighted by molar-refractivity contribution is 1.11. The highest BCUT2D eigenvalue weighted by Gasteiger charge is 1.98. The largest absolute Gasteiger partial charge is 0.111 e. The highest BCUT2D eigenvalue weighted by Crippen LogP contribution is 2.10. The van der Waals surface area contributed by atoms with Crippen LogP contribution >= 0.6 is 23.2 Å². The molecule has 1 aromatic carbocycles. The van der Waals surface area contributed by atoms with E-state index in [-0.39, 0.29) is 4.84 Å². The first-order chi connectivity index (χ1) is 5.29. The van der Waals surface area contributed by atoms with Crippen molar-refractivity contribution in [3.05, 3.63) is 42.3 Å². The maximum absolute atomic E-state index is 5.54. The first-order valence-corrected chi connectivity index (χ1v) is 4.32. The maximum Gasteiger partial charge on any atom is 0.111 e. The van der Waals surface area contributed by atoms with Crippen LogP contribution in [-0.2, 0) is 6.42 Å². The van der Waals surface area contributed by atoms with Crippen LogP contribution in [-0.4, -0.2) is 4.84 Å². The number of alkyl halides is 2. The van der Waals surface area contributed by atoms with E-state index in [4.69, 9.17) is 23.2 Å². The van der Waals surface area contributed by atoms with Gasteiger partial charge in [0, 0.05) is 0 Å². The highest BCUT2D eigenvalue weighted by atomic mass is 35.5. The summed E-state index contributed by atoms with van der Waals surface area (Å²) >= 11 is 11.1. The molecule has 0 amide bonds. The van der Waals surface area contributed by atoms with Crippen LogP contribution in [0.5, 0.6) is 0 Å². The Morgan fingerprint density at radius 2 is 1.82 bits per heavy atom. The van der Waals surface area contributed by atoms with Gasteiger partial charge in [0.15, 0.2) is 0 Å². The summed E-state index contributed by atoms with van der Waals surface area (Å²) in [5.74, 6) is 0. The molecule has 1 aromatic rings. The van der Waals surface area contributed by atoms with Crippen LogP contribution < -0.4 is 0 Å². The van der Waals surface area contributed by atoms with Gasteiger partial charge in [0.05, 0.1) is 0 Å². The van der Waals surface area contributed by atoms with Crippen LogP contribution in [0.15, 0.2) is 30.3 Å². The molecule has 0 spiro atoms. The molecule has 1 rings (SSSR count). The van der Waals surface area contributed by atoms with Crippen molar-refractivity contribution in [1.82, 2.24) is 0 Å². The summed E-state index contributed by atoms with van der Waals surface area (Å²) in [4.78, 5) is -0.366. The first-order valence-electron chi connectivity index (χ1n) is 3.44. The number of benzene rings is 1. The second kappa shape index (κ2) is 4.63. The minimum Gasteiger partial charge on any atom is -0.105 e. The molecule has 1 radical (unpaired) electrons. The molecule has 0 bridgehead atoms. The zero-order chi connectivity index (χ0) is 8.10. The standard InChI is InChI=1S/C9H9Cl2/c10-9(11)7-6-8-4-2-1-3-5-8/h1-5,7,9H,6H2. The normalized spacial score (nSPS) is 10.5. The molecule has 0 heterocycles. The van der Waals surface area contributed by atoms with Crippen LogP contribution in [0, 0.1) is 6.42 Å². The number of hydrogen-bond donors (Lipinski definition) is 0. The molecular weight excluding hydrogens is 179 g/mol. The van der Waals surface area contributed by atoms with Crippen molar-refractivity contribution in [3.63, 3.8) is 0 Å². The van der Waals surface area contributed by atoms with Gasteiger partial charge < -0.3 is 0 Å². The Morgan fingerprint density at radius 3 is 2.36 bits per heavy atom. The predicted molar refractivity (Wildman–Crippen MR) is 49.9 cm³/mol. The smallest absolute Gasteiger partial charge is 0.105 e. The Balaban J connectivity index is 2.39. The van der Waals surface area contributed by atoms with Gasteiger partial charge in [-0.1, -0.05) is 30.3 Å². The molecule has 0 aliphatic rings. The first kappa shape index (κ1) is 8.89. The van der Waals surface area contributed by atoms with Gasteiger partial charge in [-0.15, -0.1) is 23.2 Å². The van der Waals surface area contributed by atoms with Crippen molar-refractivity contribution in [3.8, 4) is 0 Å². The van der Waals surface area contributed by atoms with E-state index in [0.717, 1.165) is 6.42 Å². The van der Waals surface area contributed by atoms with Crippen molar-refractivity contribution in [1.29, 1.82) is 0 Å².